The number of guanidine groups is 1. The van der Waals surface area contributed by atoms with E-state index >= 15 is 0 Å². The fourth-order valence-electron chi connectivity index (χ4n) is 3.29. The Bertz CT molecular complexity index is 843. The van der Waals surface area contributed by atoms with Crippen LogP contribution in [0.5, 0.6) is 5.75 Å². The summed E-state index contributed by atoms with van der Waals surface area (Å²) in [6, 6.07) is 18.5. The van der Waals surface area contributed by atoms with E-state index in [1.165, 1.54) is 18.4 Å². The first kappa shape index (κ1) is 21.7. The summed E-state index contributed by atoms with van der Waals surface area (Å²) in [7, 11) is 5.17. The molecule has 0 radical (unpaired) electrons. The monoisotopic (exact) mass is 408 g/mol. The summed E-state index contributed by atoms with van der Waals surface area (Å²) in [6.07, 6.45) is 3.47. The molecule has 2 aromatic rings. The van der Waals surface area contributed by atoms with E-state index in [0.29, 0.717) is 12.5 Å². The number of hydrogen-bond donors (Lipinski definition) is 2. The summed E-state index contributed by atoms with van der Waals surface area (Å²) in [6.45, 7) is 1.58. The van der Waals surface area contributed by atoms with E-state index in [1.807, 2.05) is 24.3 Å². The highest BCUT2D eigenvalue weighted by Gasteiger charge is 2.42. The molecule has 6 nitrogen and oxygen atoms in total. The van der Waals surface area contributed by atoms with Gasteiger partial charge in [0, 0.05) is 20.6 Å². The van der Waals surface area contributed by atoms with Crippen molar-refractivity contribution in [2.75, 3.05) is 34.3 Å². The van der Waals surface area contributed by atoms with Gasteiger partial charge in [0.05, 0.1) is 20.2 Å². The number of ether oxygens (including phenoxy) is 1. The summed E-state index contributed by atoms with van der Waals surface area (Å²) in [5.41, 5.74) is 2.72. The van der Waals surface area contributed by atoms with Crippen LogP contribution in [0, 0.1) is 5.41 Å². The highest BCUT2D eigenvalue weighted by Crippen LogP contribution is 2.47. The minimum absolute atomic E-state index is 0.0133. The third kappa shape index (κ3) is 6.51. The first-order valence-corrected chi connectivity index (χ1v) is 10.4. The lowest BCUT2D eigenvalue weighted by molar-refractivity contribution is -0.127. The Labute approximate surface area is 179 Å². The largest absolute Gasteiger partial charge is 0.497 e. The number of rotatable bonds is 9. The van der Waals surface area contributed by atoms with Crippen LogP contribution in [0.1, 0.15) is 24.0 Å². The van der Waals surface area contributed by atoms with Crippen LogP contribution in [-0.2, 0) is 17.8 Å². The van der Waals surface area contributed by atoms with Gasteiger partial charge in [0.25, 0.3) is 0 Å². The Morgan fingerprint density at radius 3 is 2.33 bits per heavy atom. The van der Waals surface area contributed by atoms with E-state index in [2.05, 4.69) is 41.0 Å². The molecule has 160 valence electrons. The lowest BCUT2D eigenvalue weighted by atomic mass is 9.96. The number of carbonyl (C=O) groups is 1. The van der Waals surface area contributed by atoms with Gasteiger partial charge in [0.1, 0.15) is 5.75 Å². The van der Waals surface area contributed by atoms with E-state index in [1.54, 1.807) is 26.1 Å². The van der Waals surface area contributed by atoms with Crippen LogP contribution in [0.25, 0.3) is 0 Å². The van der Waals surface area contributed by atoms with E-state index in [-0.39, 0.29) is 17.9 Å². The van der Waals surface area contributed by atoms with E-state index in [9.17, 15) is 4.79 Å². The van der Waals surface area contributed by atoms with Gasteiger partial charge < -0.3 is 20.3 Å². The van der Waals surface area contributed by atoms with Crippen molar-refractivity contribution in [3.63, 3.8) is 0 Å². The number of nitrogens with one attached hydrogen (secondary N) is 2. The predicted octanol–water partition coefficient (Wildman–Crippen LogP) is 2.84. The van der Waals surface area contributed by atoms with Crippen molar-refractivity contribution in [1.82, 2.24) is 15.5 Å². The zero-order chi connectivity index (χ0) is 21.4. The number of amides is 1. The van der Waals surface area contributed by atoms with Gasteiger partial charge in [-0.2, -0.15) is 0 Å². The van der Waals surface area contributed by atoms with Crippen LogP contribution in [0.3, 0.4) is 0 Å². The number of nitrogens with zero attached hydrogens (tertiary/aromatic N) is 2. The maximum absolute atomic E-state index is 12.0. The Morgan fingerprint density at radius 1 is 1.03 bits per heavy atom. The molecule has 0 atom stereocenters. The molecular weight excluding hydrogens is 376 g/mol. The molecule has 1 aliphatic rings. The van der Waals surface area contributed by atoms with Gasteiger partial charge in [-0.1, -0.05) is 42.5 Å². The second-order valence-electron chi connectivity index (χ2n) is 8.17. The summed E-state index contributed by atoms with van der Waals surface area (Å²) in [4.78, 5) is 18.3. The lowest BCUT2D eigenvalue weighted by Gasteiger charge is -2.20. The zero-order valence-corrected chi connectivity index (χ0v) is 18.1. The average Bonchev–Trinajstić information content (AvgIpc) is 3.53. The molecule has 0 unspecified atom stereocenters. The molecule has 1 fully saturated rings. The highest BCUT2D eigenvalue weighted by molar-refractivity contribution is 5.86. The lowest BCUT2D eigenvalue weighted by Crippen LogP contribution is -2.44. The third-order valence-corrected chi connectivity index (χ3v) is 5.49. The summed E-state index contributed by atoms with van der Waals surface area (Å²) < 4.78 is 5.21. The van der Waals surface area contributed by atoms with Crippen molar-refractivity contribution in [3.05, 3.63) is 65.7 Å². The number of carbonyl (C=O) groups excluding carboxylic acids is 1. The second-order valence-corrected chi connectivity index (χ2v) is 8.17. The van der Waals surface area contributed by atoms with Gasteiger partial charge in [-0.15, -0.1) is 0 Å². The Balaban J connectivity index is 1.62. The van der Waals surface area contributed by atoms with Gasteiger partial charge in [0.2, 0.25) is 5.91 Å². The molecule has 1 amide bonds. The topological polar surface area (TPSA) is 66.0 Å². The van der Waals surface area contributed by atoms with Crippen molar-refractivity contribution in [2.45, 2.75) is 25.8 Å². The highest BCUT2D eigenvalue weighted by atomic mass is 16.5. The standard InChI is InChI=1S/C24H32N4O2/c1-28(2)22(29)17-26-23(25-16-20-9-11-21(30-3)12-10-20)27-18-24(13-14-24)15-19-7-5-4-6-8-19/h4-12H,13-18H2,1-3H3,(H2,25,26,27). The Hall–Kier alpha value is -3.02. The van der Waals surface area contributed by atoms with Gasteiger partial charge in [-0.25, -0.2) is 4.99 Å². The molecule has 0 spiro atoms. The predicted molar refractivity (Wildman–Crippen MR) is 121 cm³/mol. The smallest absolute Gasteiger partial charge is 0.241 e. The number of hydrogen-bond acceptors (Lipinski definition) is 3. The molecule has 30 heavy (non-hydrogen) atoms. The molecule has 1 saturated carbocycles. The number of benzene rings is 2. The van der Waals surface area contributed by atoms with Gasteiger partial charge in [-0.3, -0.25) is 4.79 Å². The normalized spacial score (nSPS) is 14.7. The number of likely N-dealkylation sites (N-methyl/N-ethyl adjacent to an activating group) is 1. The Kier molecular flexibility index (Phi) is 7.33. The van der Waals surface area contributed by atoms with Crippen molar-refractivity contribution in [2.24, 2.45) is 10.4 Å². The van der Waals surface area contributed by atoms with E-state index in [4.69, 9.17) is 9.73 Å². The number of methoxy groups -OCH3 is 1. The molecule has 2 N–H and O–H groups in total. The number of aliphatic imine (C=N–C) groups is 1. The average molecular weight is 409 g/mol. The molecule has 3 rings (SSSR count). The molecule has 6 heteroatoms. The molecule has 2 aromatic carbocycles. The fraction of sp³-hybridized carbons (Fsp3) is 0.417. The molecule has 0 saturated heterocycles. The molecule has 0 heterocycles. The van der Waals surface area contributed by atoms with Crippen LogP contribution in [-0.4, -0.2) is 51.1 Å². The van der Waals surface area contributed by atoms with E-state index < -0.39 is 0 Å². The third-order valence-electron chi connectivity index (χ3n) is 5.49. The maximum atomic E-state index is 12.0. The van der Waals surface area contributed by atoms with Crippen molar-refractivity contribution in [3.8, 4) is 5.75 Å². The molecule has 1 aliphatic carbocycles. The summed E-state index contributed by atoms with van der Waals surface area (Å²) in [5.74, 6) is 1.51. The minimum atomic E-state index is 0.0133. The van der Waals surface area contributed by atoms with Crippen LogP contribution in [0.4, 0.5) is 0 Å². The SMILES string of the molecule is COc1ccc(CN=C(NCC(=O)N(C)C)NCC2(Cc3ccccc3)CC2)cc1. The first-order chi connectivity index (χ1) is 14.5. The van der Waals surface area contributed by atoms with Crippen LogP contribution in [0.2, 0.25) is 0 Å². The minimum Gasteiger partial charge on any atom is -0.497 e. The van der Waals surface area contributed by atoms with Crippen LogP contribution < -0.4 is 15.4 Å². The maximum Gasteiger partial charge on any atom is 0.241 e. The Morgan fingerprint density at radius 2 is 1.73 bits per heavy atom. The van der Waals surface area contributed by atoms with Gasteiger partial charge >= 0.3 is 0 Å². The molecule has 0 bridgehead atoms. The van der Waals surface area contributed by atoms with Crippen molar-refractivity contribution >= 4 is 11.9 Å². The fourth-order valence-corrected chi connectivity index (χ4v) is 3.29. The first-order valence-electron chi connectivity index (χ1n) is 10.4. The van der Waals surface area contributed by atoms with Crippen molar-refractivity contribution < 1.29 is 9.53 Å². The zero-order valence-electron chi connectivity index (χ0n) is 18.1. The second kappa shape index (κ2) is 10.1. The van der Waals surface area contributed by atoms with Crippen molar-refractivity contribution in [1.29, 1.82) is 0 Å². The van der Waals surface area contributed by atoms with Crippen LogP contribution in [0.15, 0.2) is 59.6 Å². The summed E-state index contributed by atoms with van der Waals surface area (Å²) in [5, 5.41) is 6.65. The van der Waals surface area contributed by atoms with Crippen LogP contribution >= 0.6 is 0 Å². The molecule has 0 aliphatic heterocycles. The van der Waals surface area contributed by atoms with E-state index in [0.717, 1.165) is 24.3 Å². The molecular formula is C24H32N4O2. The van der Waals surface area contributed by atoms with Gasteiger partial charge in [-0.05, 0) is 47.9 Å². The quantitative estimate of drug-likeness (QED) is 0.495. The van der Waals surface area contributed by atoms with Gasteiger partial charge in [0.15, 0.2) is 5.96 Å². The summed E-state index contributed by atoms with van der Waals surface area (Å²) >= 11 is 0. The molecule has 0 aromatic heterocycles.